The van der Waals surface area contributed by atoms with Gasteiger partial charge in [-0.25, -0.2) is 4.79 Å². The normalized spacial score (nSPS) is 11.1. The first-order valence-electron chi connectivity index (χ1n) is 5.24. The van der Waals surface area contributed by atoms with E-state index in [-0.39, 0.29) is 6.61 Å². The number of carbonyl (C=O) groups is 2. The van der Waals surface area contributed by atoms with Crippen molar-refractivity contribution in [1.82, 2.24) is 0 Å². The summed E-state index contributed by atoms with van der Waals surface area (Å²) in [6, 6.07) is 6.94. The molecule has 0 unspecified atom stereocenters. The summed E-state index contributed by atoms with van der Waals surface area (Å²) in [6.07, 6.45) is 0.875. The van der Waals surface area contributed by atoms with Crippen molar-refractivity contribution in [2.24, 2.45) is 0 Å². The molecule has 4 heteroatoms. The lowest BCUT2D eigenvalue weighted by atomic mass is 10.0. The molecule has 0 saturated heterocycles. The highest BCUT2D eigenvalue weighted by Gasteiger charge is 2.12. The van der Waals surface area contributed by atoms with Crippen LogP contribution in [-0.2, 0) is 9.53 Å². The molecule has 17 heavy (non-hydrogen) atoms. The van der Waals surface area contributed by atoms with Gasteiger partial charge in [-0.15, -0.1) is 0 Å². The molecule has 0 atom stereocenters. The standard InChI is InChI=1S/C13H14O4/c1-3-17-13(16)12(15)8-11(14)10-7-5-4-6-9(10)2/h4-8,15H,3H2,1-2H3. The van der Waals surface area contributed by atoms with Crippen LogP contribution in [0.2, 0.25) is 0 Å². The average Bonchev–Trinajstić information content (AvgIpc) is 2.29. The minimum Gasteiger partial charge on any atom is -0.502 e. The summed E-state index contributed by atoms with van der Waals surface area (Å²) in [4.78, 5) is 22.8. The molecule has 1 aromatic rings. The molecule has 0 aliphatic carbocycles. The Labute approximate surface area is 99.5 Å². The molecule has 0 saturated carbocycles. The number of hydrogen-bond acceptors (Lipinski definition) is 4. The lowest BCUT2D eigenvalue weighted by molar-refractivity contribution is -0.141. The van der Waals surface area contributed by atoms with Crippen LogP contribution < -0.4 is 0 Å². The molecule has 0 aliphatic rings. The molecule has 0 amide bonds. The van der Waals surface area contributed by atoms with Crippen LogP contribution >= 0.6 is 0 Å². The molecule has 1 aromatic carbocycles. The van der Waals surface area contributed by atoms with Gasteiger partial charge in [-0.05, 0) is 19.4 Å². The van der Waals surface area contributed by atoms with E-state index in [0.29, 0.717) is 5.56 Å². The zero-order valence-corrected chi connectivity index (χ0v) is 9.77. The largest absolute Gasteiger partial charge is 0.502 e. The van der Waals surface area contributed by atoms with E-state index in [4.69, 9.17) is 0 Å². The van der Waals surface area contributed by atoms with Gasteiger partial charge in [0.25, 0.3) is 0 Å². The fraction of sp³-hybridized carbons (Fsp3) is 0.231. The third-order valence-corrected chi connectivity index (χ3v) is 2.16. The number of aliphatic hydroxyl groups excluding tert-OH is 1. The number of aryl methyl sites for hydroxylation is 1. The van der Waals surface area contributed by atoms with E-state index in [1.54, 1.807) is 38.1 Å². The maximum absolute atomic E-state index is 11.7. The summed E-state index contributed by atoms with van der Waals surface area (Å²) in [6.45, 7) is 3.55. The molecule has 0 bridgehead atoms. The van der Waals surface area contributed by atoms with Gasteiger partial charge in [-0.2, -0.15) is 0 Å². The molecule has 0 aromatic heterocycles. The maximum Gasteiger partial charge on any atom is 0.373 e. The number of allylic oxidation sites excluding steroid dienone is 1. The minimum absolute atomic E-state index is 0.148. The van der Waals surface area contributed by atoms with Crippen molar-refractivity contribution < 1.29 is 19.4 Å². The van der Waals surface area contributed by atoms with Gasteiger partial charge in [0.2, 0.25) is 5.76 Å². The van der Waals surface area contributed by atoms with Gasteiger partial charge in [-0.3, -0.25) is 4.79 Å². The zero-order chi connectivity index (χ0) is 12.8. The van der Waals surface area contributed by atoms with Crippen LogP contribution in [0.3, 0.4) is 0 Å². The first-order chi connectivity index (χ1) is 8.06. The van der Waals surface area contributed by atoms with Gasteiger partial charge in [0.05, 0.1) is 6.61 Å². The number of carbonyl (C=O) groups excluding carboxylic acids is 2. The van der Waals surface area contributed by atoms with Crippen LogP contribution in [0.4, 0.5) is 0 Å². The van der Waals surface area contributed by atoms with Crippen molar-refractivity contribution in [2.45, 2.75) is 13.8 Å². The Balaban J connectivity index is 2.89. The van der Waals surface area contributed by atoms with Crippen LogP contribution in [0.15, 0.2) is 36.1 Å². The zero-order valence-electron chi connectivity index (χ0n) is 9.77. The summed E-state index contributed by atoms with van der Waals surface area (Å²) in [7, 11) is 0. The van der Waals surface area contributed by atoms with Gasteiger partial charge in [0, 0.05) is 11.6 Å². The fourth-order valence-corrected chi connectivity index (χ4v) is 1.32. The van der Waals surface area contributed by atoms with Crippen LogP contribution in [0.1, 0.15) is 22.8 Å². The van der Waals surface area contributed by atoms with E-state index in [1.807, 2.05) is 0 Å². The van der Waals surface area contributed by atoms with E-state index in [9.17, 15) is 14.7 Å². The number of aliphatic hydroxyl groups is 1. The van der Waals surface area contributed by atoms with Gasteiger partial charge >= 0.3 is 5.97 Å². The fourth-order valence-electron chi connectivity index (χ4n) is 1.32. The smallest absolute Gasteiger partial charge is 0.373 e. The summed E-state index contributed by atoms with van der Waals surface area (Å²) >= 11 is 0. The molecular weight excluding hydrogens is 220 g/mol. The molecule has 4 nitrogen and oxygen atoms in total. The number of hydrogen-bond donors (Lipinski definition) is 1. The SMILES string of the molecule is CCOC(=O)C(O)=CC(=O)c1ccccc1C. The minimum atomic E-state index is -0.894. The second kappa shape index (κ2) is 5.84. The Morgan fingerprint density at radius 1 is 1.35 bits per heavy atom. The number of rotatable bonds is 4. The molecule has 1 N–H and O–H groups in total. The molecule has 0 spiro atoms. The van der Waals surface area contributed by atoms with Crippen LogP contribution in [0.25, 0.3) is 0 Å². The van der Waals surface area contributed by atoms with Crippen molar-refractivity contribution in [3.8, 4) is 0 Å². The Kier molecular flexibility index (Phi) is 4.46. The van der Waals surface area contributed by atoms with E-state index in [1.165, 1.54) is 0 Å². The quantitative estimate of drug-likeness (QED) is 0.375. The molecule has 90 valence electrons. The molecule has 0 fully saturated rings. The van der Waals surface area contributed by atoms with Crippen LogP contribution in [-0.4, -0.2) is 23.5 Å². The highest BCUT2D eigenvalue weighted by atomic mass is 16.5. The van der Waals surface area contributed by atoms with E-state index >= 15 is 0 Å². The summed E-state index contributed by atoms with van der Waals surface area (Å²) < 4.78 is 4.56. The lowest BCUT2D eigenvalue weighted by Gasteiger charge is -2.02. The second-order valence-electron chi connectivity index (χ2n) is 3.43. The van der Waals surface area contributed by atoms with Gasteiger partial charge in [0.15, 0.2) is 5.78 Å². The van der Waals surface area contributed by atoms with Crippen molar-refractivity contribution >= 4 is 11.8 Å². The molecule has 0 radical (unpaired) electrons. The Morgan fingerprint density at radius 2 is 2.00 bits per heavy atom. The maximum atomic E-state index is 11.7. The number of benzene rings is 1. The highest BCUT2D eigenvalue weighted by Crippen LogP contribution is 2.09. The molecule has 0 aliphatic heterocycles. The predicted octanol–water partition coefficient (Wildman–Crippen LogP) is 2.18. The molecular formula is C13H14O4. The van der Waals surface area contributed by atoms with Gasteiger partial charge in [0.1, 0.15) is 0 Å². The van der Waals surface area contributed by atoms with E-state index in [0.717, 1.165) is 11.6 Å². The Morgan fingerprint density at radius 3 is 2.59 bits per heavy atom. The molecule has 0 heterocycles. The average molecular weight is 234 g/mol. The lowest BCUT2D eigenvalue weighted by Crippen LogP contribution is -2.09. The van der Waals surface area contributed by atoms with Gasteiger partial charge < -0.3 is 9.84 Å². The number of ether oxygens (including phenoxy) is 1. The number of ketones is 1. The number of esters is 1. The summed E-state index contributed by atoms with van der Waals surface area (Å²) in [5, 5.41) is 9.34. The van der Waals surface area contributed by atoms with E-state index < -0.39 is 17.5 Å². The third kappa shape index (κ3) is 3.45. The van der Waals surface area contributed by atoms with Gasteiger partial charge in [-0.1, -0.05) is 24.3 Å². The van der Waals surface area contributed by atoms with Crippen molar-refractivity contribution in [3.63, 3.8) is 0 Å². The van der Waals surface area contributed by atoms with Crippen LogP contribution in [0, 0.1) is 6.92 Å². The van der Waals surface area contributed by atoms with Crippen molar-refractivity contribution in [1.29, 1.82) is 0 Å². The second-order valence-corrected chi connectivity index (χ2v) is 3.43. The van der Waals surface area contributed by atoms with E-state index in [2.05, 4.69) is 4.74 Å². The monoisotopic (exact) mass is 234 g/mol. The first kappa shape index (κ1) is 13.0. The Bertz CT molecular complexity index is 460. The predicted molar refractivity (Wildman–Crippen MR) is 62.9 cm³/mol. The topological polar surface area (TPSA) is 63.6 Å². The highest BCUT2D eigenvalue weighted by molar-refractivity contribution is 6.08. The summed E-state index contributed by atoms with van der Waals surface area (Å²) in [5.41, 5.74) is 1.23. The first-order valence-corrected chi connectivity index (χ1v) is 5.24. The molecule has 1 rings (SSSR count). The van der Waals surface area contributed by atoms with Crippen LogP contribution in [0.5, 0.6) is 0 Å². The van der Waals surface area contributed by atoms with Crippen molar-refractivity contribution in [3.05, 3.63) is 47.2 Å². The Hall–Kier alpha value is -2.10. The summed E-state index contributed by atoms with van der Waals surface area (Å²) in [5.74, 6) is -2.00. The van der Waals surface area contributed by atoms with Crippen molar-refractivity contribution in [2.75, 3.05) is 6.61 Å². The third-order valence-electron chi connectivity index (χ3n) is 2.16.